The maximum Gasteiger partial charge on any atom is 0.240 e. The first-order valence-corrected chi connectivity index (χ1v) is 6.85. The van der Waals surface area contributed by atoms with Crippen molar-refractivity contribution in [3.8, 4) is 5.75 Å². The van der Waals surface area contributed by atoms with Crippen LogP contribution in [0.15, 0.2) is 29.3 Å². The molecule has 13 heavy (non-hydrogen) atoms. The van der Waals surface area contributed by atoms with Gasteiger partial charge in [0, 0.05) is 0 Å². The molecule has 0 aliphatic carbocycles. The molecule has 0 aromatic heterocycles. The van der Waals surface area contributed by atoms with Gasteiger partial charge in [0.1, 0.15) is 5.75 Å². The fraction of sp³-hybridized carbons (Fsp3) is 0.222. The van der Waals surface area contributed by atoms with Crippen LogP contribution in [0.4, 0.5) is 5.69 Å². The number of hydrogen-bond acceptors (Lipinski definition) is 3. The van der Waals surface area contributed by atoms with Crippen LogP contribution in [-0.2, 0) is 4.79 Å². The quantitative estimate of drug-likeness (QED) is 0.418. The Morgan fingerprint density at radius 1 is 1.31 bits per heavy atom. The fourth-order valence-electron chi connectivity index (χ4n) is 0.924. The largest absolute Gasteiger partial charge is 0.547 e. The van der Waals surface area contributed by atoms with E-state index < -0.39 is 9.04 Å². The highest BCUT2D eigenvalue weighted by Crippen LogP contribution is 2.17. The molecule has 0 spiro atoms. The van der Waals surface area contributed by atoms with Gasteiger partial charge in [-0.15, -0.1) is 0 Å². The summed E-state index contributed by atoms with van der Waals surface area (Å²) in [6.07, 6.45) is 1.49. The van der Waals surface area contributed by atoms with E-state index in [1.807, 2.05) is 12.1 Å². The molecule has 0 N–H and O–H groups in total. The van der Waals surface area contributed by atoms with Crippen molar-refractivity contribution in [2.45, 2.75) is 13.1 Å². The molecule has 0 saturated heterocycles. The lowest BCUT2D eigenvalue weighted by Gasteiger charge is -2.08. The number of hydrogen-bond donors (Lipinski definition) is 0. The summed E-state index contributed by atoms with van der Waals surface area (Å²) in [5.41, 5.74) is 0.604. The molecule has 0 bridgehead atoms. The minimum atomic E-state index is -1.04. The van der Waals surface area contributed by atoms with Crippen LogP contribution in [0, 0.1) is 0 Å². The molecule has 0 aliphatic rings. The lowest BCUT2D eigenvalue weighted by Crippen LogP contribution is -2.10. The van der Waals surface area contributed by atoms with E-state index in [9.17, 15) is 4.79 Å². The summed E-state index contributed by atoms with van der Waals surface area (Å²) in [5.74, 6) is 0.839. The first kappa shape index (κ1) is 9.70. The molecule has 68 valence electrons. The molecule has 0 atom stereocenters. The number of carbonyl (C=O) groups excluding carboxylic acids is 1. The summed E-state index contributed by atoms with van der Waals surface area (Å²) in [6, 6.07) is 7.08. The van der Waals surface area contributed by atoms with Crippen molar-refractivity contribution < 1.29 is 9.22 Å². The van der Waals surface area contributed by atoms with Crippen molar-refractivity contribution >= 4 is 20.8 Å². The zero-order valence-corrected chi connectivity index (χ0v) is 8.81. The molecule has 4 heteroatoms. The van der Waals surface area contributed by atoms with Gasteiger partial charge in [-0.3, -0.25) is 0 Å². The number of nitrogens with zero attached hydrogens (tertiary/aromatic N) is 1. The van der Waals surface area contributed by atoms with E-state index in [0.717, 1.165) is 5.75 Å². The Hall–Kier alpha value is -1.38. The molecule has 0 saturated carbocycles. The average molecular weight is 193 g/mol. The van der Waals surface area contributed by atoms with E-state index in [4.69, 9.17) is 4.43 Å². The Morgan fingerprint density at radius 2 is 1.92 bits per heavy atom. The molecule has 1 aromatic rings. The van der Waals surface area contributed by atoms with E-state index in [2.05, 4.69) is 18.1 Å². The zero-order chi connectivity index (χ0) is 9.68. The molecule has 0 radical (unpaired) electrons. The number of isocyanates is 1. The SMILES string of the molecule is C[SiH](C)Oc1ccc(N=C=O)cc1. The third-order valence-corrected chi connectivity index (χ3v) is 2.13. The second kappa shape index (κ2) is 4.60. The van der Waals surface area contributed by atoms with Gasteiger partial charge < -0.3 is 4.43 Å². The summed E-state index contributed by atoms with van der Waals surface area (Å²) in [4.78, 5) is 13.4. The summed E-state index contributed by atoms with van der Waals surface area (Å²) < 4.78 is 5.55. The van der Waals surface area contributed by atoms with Crippen molar-refractivity contribution in [1.82, 2.24) is 0 Å². The van der Waals surface area contributed by atoms with E-state index in [1.165, 1.54) is 6.08 Å². The predicted molar refractivity (Wildman–Crippen MR) is 53.7 cm³/mol. The summed E-state index contributed by atoms with van der Waals surface area (Å²) >= 11 is 0. The second-order valence-electron chi connectivity index (χ2n) is 2.86. The lowest BCUT2D eigenvalue weighted by molar-refractivity contribution is 0.565. The fourth-order valence-corrected chi connectivity index (χ4v) is 1.63. The van der Waals surface area contributed by atoms with E-state index in [0.29, 0.717) is 5.69 Å². The maximum absolute atomic E-state index is 9.92. The summed E-state index contributed by atoms with van der Waals surface area (Å²) in [7, 11) is -1.04. The minimum Gasteiger partial charge on any atom is -0.547 e. The van der Waals surface area contributed by atoms with Crippen LogP contribution in [0.25, 0.3) is 0 Å². The van der Waals surface area contributed by atoms with Crippen molar-refractivity contribution in [1.29, 1.82) is 0 Å². The average Bonchev–Trinajstić information content (AvgIpc) is 2.08. The van der Waals surface area contributed by atoms with Crippen LogP contribution in [0.2, 0.25) is 13.1 Å². The van der Waals surface area contributed by atoms with E-state index in [1.54, 1.807) is 12.1 Å². The first-order valence-electron chi connectivity index (χ1n) is 4.07. The highest BCUT2D eigenvalue weighted by atomic mass is 28.3. The number of benzene rings is 1. The van der Waals surface area contributed by atoms with Crippen LogP contribution >= 0.6 is 0 Å². The van der Waals surface area contributed by atoms with Gasteiger partial charge in [0.2, 0.25) is 15.1 Å². The Kier molecular flexibility index (Phi) is 3.43. The van der Waals surface area contributed by atoms with Gasteiger partial charge in [-0.25, -0.2) is 4.79 Å². The van der Waals surface area contributed by atoms with Crippen molar-refractivity contribution in [2.24, 2.45) is 4.99 Å². The molecule has 0 aliphatic heterocycles. The molecule has 0 heterocycles. The van der Waals surface area contributed by atoms with Crippen LogP contribution < -0.4 is 4.43 Å². The molecule has 3 nitrogen and oxygen atoms in total. The van der Waals surface area contributed by atoms with Crippen LogP contribution in [0.1, 0.15) is 0 Å². The monoisotopic (exact) mass is 193 g/mol. The highest BCUT2D eigenvalue weighted by Gasteiger charge is 1.98. The van der Waals surface area contributed by atoms with Gasteiger partial charge in [-0.05, 0) is 37.4 Å². The smallest absolute Gasteiger partial charge is 0.240 e. The molecule has 0 fully saturated rings. The first-order chi connectivity index (χ1) is 6.22. The highest BCUT2D eigenvalue weighted by molar-refractivity contribution is 6.49. The molecule has 0 amide bonds. The van der Waals surface area contributed by atoms with Crippen LogP contribution in [0.3, 0.4) is 0 Å². The lowest BCUT2D eigenvalue weighted by atomic mass is 10.3. The van der Waals surface area contributed by atoms with Crippen LogP contribution in [-0.4, -0.2) is 15.1 Å². The van der Waals surface area contributed by atoms with E-state index in [-0.39, 0.29) is 0 Å². The standard InChI is InChI=1S/C9H11NO2Si/c1-13(2)12-9-5-3-8(4-6-9)10-7-11/h3-6,13H,1-2H3. The van der Waals surface area contributed by atoms with Crippen molar-refractivity contribution in [3.05, 3.63) is 24.3 Å². The molecule has 1 rings (SSSR count). The van der Waals surface area contributed by atoms with Crippen molar-refractivity contribution in [3.63, 3.8) is 0 Å². The summed E-state index contributed by atoms with van der Waals surface area (Å²) in [6.45, 7) is 4.19. The van der Waals surface area contributed by atoms with E-state index >= 15 is 0 Å². The Bertz CT molecular complexity index is 315. The topological polar surface area (TPSA) is 38.7 Å². The zero-order valence-electron chi connectivity index (χ0n) is 7.65. The summed E-state index contributed by atoms with van der Waals surface area (Å²) in [5, 5.41) is 0. The second-order valence-corrected chi connectivity index (χ2v) is 5.20. The Morgan fingerprint density at radius 3 is 2.38 bits per heavy atom. The predicted octanol–water partition coefficient (Wildman–Crippen LogP) is 2.02. The van der Waals surface area contributed by atoms with Crippen molar-refractivity contribution in [2.75, 3.05) is 0 Å². The third kappa shape index (κ3) is 3.23. The Balaban J connectivity index is 2.75. The molecular formula is C9H11NO2Si. The maximum atomic E-state index is 9.92. The van der Waals surface area contributed by atoms with Crippen LogP contribution in [0.5, 0.6) is 5.75 Å². The van der Waals surface area contributed by atoms with Gasteiger partial charge in [0.05, 0.1) is 5.69 Å². The molecule has 0 unspecified atom stereocenters. The van der Waals surface area contributed by atoms with Gasteiger partial charge in [-0.2, -0.15) is 4.99 Å². The van der Waals surface area contributed by atoms with Gasteiger partial charge in [0.15, 0.2) is 0 Å². The minimum absolute atomic E-state index is 0.604. The third-order valence-electron chi connectivity index (χ3n) is 1.38. The normalized spacial score (nSPS) is 9.46. The Labute approximate surface area is 78.8 Å². The molecular weight excluding hydrogens is 182 g/mol. The van der Waals surface area contributed by atoms with Gasteiger partial charge in [-0.1, -0.05) is 0 Å². The van der Waals surface area contributed by atoms with Gasteiger partial charge in [0.25, 0.3) is 0 Å². The number of rotatable bonds is 3. The van der Waals surface area contributed by atoms with Gasteiger partial charge >= 0.3 is 0 Å². The number of aliphatic imine (C=N–C) groups is 1. The molecule has 1 aromatic carbocycles.